The van der Waals surface area contributed by atoms with Crippen LogP contribution in [0.5, 0.6) is 0 Å². The molecule has 1 aromatic heterocycles. The summed E-state index contributed by atoms with van der Waals surface area (Å²) in [6.45, 7) is 4.32. The zero-order chi connectivity index (χ0) is 22.8. The van der Waals surface area contributed by atoms with E-state index in [1.807, 2.05) is 6.07 Å². The highest BCUT2D eigenvalue weighted by atomic mass is 32.2. The first-order chi connectivity index (χ1) is 15.2. The lowest BCUT2D eigenvalue weighted by molar-refractivity contribution is -0.172. The molecule has 3 aliphatic rings. The minimum Gasteiger partial charge on any atom is -0.361 e. The van der Waals surface area contributed by atoms with Crippen molar-refractivity contribution in [2.75, 3.05) is 19.0 Å². The molecule has 0 bridgehead atoms. The van der Waals surface area contributed by atoms with Crippen molar-refractivity contribution in [2.45, 2.75) is 101 Å². The lowest BCUT2D eigenvalue weighted by Gasteiger charge is -2.30. The molecule has 0 aromatic carbocycles. The van der Waals surface area contributed by atoms with Crippen molar-refractivity contribution in [2.24, 2.45) is 5.92 Å². The number of rotatable bonds is 10. The Morgan fingerprint density at radius 1 is 1.16 bits per heavy atom. The second kappa shape index (κ2) is 9.55. The summed E-state index contributed by atoms with van der Waals surface area (Å²) < 4.78 is 41.7. The van der Waals surface area contributed by atoms with Crippen LogP contribution in [0.15, 0.2) is 10.6 Å². The van der Waals surface area contributed by atoms with Gasteiger partial charge in [0.25, 0.3) is 0 Å². The lowest BCUT2D eigenvalue weighted by Crippen LogP contribution is -2.45. The normalized spacial score (nSPS) is 24.4. The minimum absolute atomic E-state index is 0.0629. The quantitative estimate of drug-likeness (QED) is 0.510. The van der Waals surface area contributed by atoms with Gasteiger partial charge in [-0.2, -0.15) is 0 Å². The third kappa shape index (κ3) is 4.97. The van der Waals surface area contributed by atoms with Gasteiger partial charge in [-0.1, -0.05) is 24.4 Å². The van der Waals surface area contributed by atoms with E-state index in [0.717, 1.165) is 76.5 Å². The Morgan fingerprint density at radius 2 is 1.91 bits per heavy atom. The fraction of sp³-hybridized carbons (Fsp3) is 0.833. The Kier molecular flexibility index (Phi) is 7.13. The molecule has 3 fully saturated rings. The molecule has 7 nitrogen and oxygen atoms in total. The summed E-state index contributed by atoms with van der Waals surface area (Å²) in [5.41, 5.74) is 0.584. The van der Waals surface area contributed by atoms with Gasteiger partial charge >= 0.3 is 0 Å². The van der Waals surface area contributed by atoms with Crippen LogP contribution < -0.4 is 0 Å². The van der Waals surface area contributed by atoms with Gasteiger partial charge in [-0.25, -0.2) is 8.42 Å². The monoisotopic (exact) mass is 467 g/mol. The van der Waals surface area contributed by atoms with Crippen molar-refractivity contribution in [3.05, 3.63) is 17.5 Å². The summed E-state index contributed by atoms with van der Waals surface area (Å²) in [5.74, 6) is 0.375. The maximum absolute atomic E-state index is 13.0. The molecule has 32 heavy (non-hydrogen) atoms. The van der Waals surface area contributed by atoms with Gasteiger partial charge in [0, 0.05) is 18.1 Å². The number of ketones is 1. The van der Waals surface area contributed by atoms with E-state index in [9.17, 15) is 13.2 Å². The van der Waals surface area contributed by atoms with Crippen LogP contribution in [-0.2, 0) is 35.9 Å². The maximum atomic E-state index is 13.0. The minimum atomic E-state index is -3.53. The van der Waals surface area contributed by atoms with Crippen LogP contribution in [0.1, 0.15) is 89.5 Å². The summed E-state index contributed by atoms with van der Waals surface area (Å²) in [5, 5.41) is 4.30. The van der Waals surface area contributed by atoms with Gasteiger partial charge in [-0.3, -0.25) is 4.79 Å². The first kappa shape index (κ1) is 23.9. The second-order valence-corrected chi connectivity index (χ2v) is 13.0. The second-order valence-electron chi connectivity index (χ2n) is 10.5. The Bertz CT molecular complexity index is 889. The van der Waals surface area contributed by atoms with Gasteiger partial charge < -0.3 is 14.0 Å². The van der Waals surface area contributed by atoms with Crippen LogP contribution in [0, 0.1) is 5.92 Å². The smallest absolute Gasteiger partial charge is 0.162 e. The average molecular weight is 468 g/mol. The number of aromatic nitrogens is 1. The fourth-order valence-corrected chi connectivity index (χ4v) is 6.78. The zero-order valence-corrected chi connectivity index (χ0v) is 20.3. The number of carbonyl (C=O) groups is 1. The van der Waals surface area contributed by atoms with Gasteiger partial charge in [0.15, 0.2) is 21.9 Å². The largest absolute Gasteiger partial charge is 0.361 e. The highest BCUT2D eigenvalue weighted by molar-refractivity contribution is 7.93. The number of carbonyl (C=O) groups excluding carboxylic acids is 1. The number of nitrogens with zero attached hydrogens (tertiary/aromatic N) is 1. The first-order valence-corrected chi connectivity index (χ1v) is 13.8. The molecule has 180 valence electrons. The molecule has 1 aliphatic heterocycles. The molecule has 0 amide bonds. The highest BCUT2D eigenvalue weighted by Gasteiger charge is 2.44. The topological polar surface area (TPSA) is 95.7 Å². The van der Waals surface area contributed by atoms with Gasteiger partial charge in [0.05, 0.1) is 24.5 Å². The lowest BCUT2D eigenvalue weighted by atomic mass is 9.83. The predicted molar refractivity (Wildman–Crippen MR) is 120 cm³/mol. The van der Waals surface area contributed by atoms with Crippen molar-refractivity contribution >= 4 is 15.6 Å². The molecule has 2 aliphatic carbocycles. The number of hydrogen-bond acceptors (Lipinski definition) is 7. The van der Waals surface area contributed by atoms with Crippen LogP contribution in [-0.4, -0.2) is 49.4 Å². The van der Waals surface area contributed by atoms with E-state index < -0.39 is 14.6 Å². The Morgan fingerprint density at radius 3 is 2.53 bits per heavy atom. The molecule has 2 saturated carbocycles. The van der Waals surface area contributed by atoms with Gasteiger partial charge in [0.1, 0.15) is 10.5 Å². The summed E-state index contributed by atoms with van der Waals surface area (Å²) in [4.78, 5) is 13.0. The third-order valence-corrected chi connectivity index (χ3v) is 10.5. The van der Waals surface area contributed by atoms with E-state index in [0.29, 0.717) is 12.4 Å². The number of Topliss-reactive ketones (excluding diaryl/α,β-unsaturated/α-hetero) is 1. The molecule has 8 heteroatoms. The summed E-state index contributed by atoms with van der Waals surface area (Å²) in [7, 11) is -3.53. The standard InChI is InChI=1S/C24H37NO6S/c1-23(2,32(27,28)16-18-8-7-9-18)21(26)15-19-14-20(25-31-19)24(11-4-5-12-24)17-30-22-10-3-6-13-29-22/h14,18,22H,3-13,15-17H2,1-2H3. The summed E-state index contributed by atoms with van der Waals surface area (Å²) >= 11 is 0. The first-order valence-electron chi connectivity index (χ1n) is 12.2. The van der Waals surface area contributed by atoms with E-state index in [1.54, 1.807) is 0 Å². The van der Waals surface area contributed by atoms with E-state index in [1.165, 1.54) is 13.8 Å². The molecule has 1 atom stereocenters. The Labute approximate surface area is 191 Å². The maximum Gasteiger partial charge on any atom is 0.162 e. The molecule has 0 spiro atoms. The van der Waals surface area contributed by atoms with E-state index in [2.05, 4.69) is 5.16 Å². The van der Waals surface area contributed by atoms with E-state index >= 15 is 0 Å². The fourth-order valence-electron chi connectivity index (χ4n) is 4.99. The summed E-state index contributed by atoms with van der Waals surface area (Å²) in [6, 6.07) is 1.84. The Hall–Kier alpha value is -1.25. The third-order valence-electron chi connectivity index (χ3n) is 7.81. The molecular weight excluding hydrogens is 430 g/mol. The number of sulfone groups is 1. The molecule has 1 aromatic rings. The van der Waals surface area contributed by atoms with Gasteiger partial charge in [-0.15, -0.1) is 0 Å². The van der Waals surface area contributed by atoms with Crippen molar-refractivity contribution in [1.29, 1.82) is 0 Å². The summed E-state index contributed by atoms with van der Waals surface area (Å²) in [6.07, 6.45) is 9.96. The molecule has 0 radical (unpaired) electrons. The molecule has 4 rings (SSSR count). The van der Waals surface area contributed by atoms with E-state index in [4.69, 9.17) is 14.0 Å². The van der Waals surface area contributed by atoms with Crippen LogP contribution in [0.3, 0.4) is 0 Å². The van der Waals surface area contributed by atoms with Crippen molar-refractivity contribution in [3.63, 3.8) is 0 Å². The SMILES string of the molecule is CC(C)(C(=O)Cc1cc(C2(COC3CCCCO3)CCCC2)no1)S(=O)(=O)CC1CCC1. The molecule has 1 unspecified atom stereocenters. The average Bonchev–Trinajstić information content (AvgIpc) is 3.40. The number of ether oxygens (including phenoxy) is 2. The Balaban J connectivity index is 1.41. The van der Waals surface area contributed by atoms with Crippen molar-refractivity contribution in [1.82, 2.24) is 5.16 Å². The van der Waals surface area contributed by atoms with Crippen molar-refractivity contribution in [3.8, 4) is 0 Å². The molecule has 0 N–H and O–H groups in total. The molecule has 2 heterocycles. The van der Waals surface area contributed by atoms with Crippen LogP contribution in [0.2, 0.25) is 0 Å². The van der Waals surface area contributed by atoms with Crippen LogP contribution >= 0.6 is 0 Å². The predicted octanol–water partition coefficient (Wildman–Crippen LogP) is 4.13. The van der Waals surface area contributed by atoms with Crippen molar-refractivity contribution < 1.29 is 27.2 Å². The van der Waals surface area contributed by atoms with Gasteiger partial charge in [0.2, 0.25) is 0 Å². The zero-order valence-electron chi connectivity index (χ0n) is 19.4. The van der Waals surface area contributed by atoms with Crippen LogP contribution in [0.4, 0.5) is 0 Å². The van der Waals surface area contributed by atoms with Crippen LogP contribution in [0.25, 0.3) is 0 Å². The molecule has 1 saturated heterocycles. The highest BCUT2D eigenvalue weighted by Crippen LogP contribution is 2.42. The van der Waals surface area contributed by atoms with E-state index in [-0.39, 0.29) is 35.6 Å². The molecular formula is C24H37NO6S. The van der Waals surface area contributed by atoms with Gasteiger partial charge in [-0.05, 0) is 64.7 Å². The number of hydrogen-bond donors (Lipinski definition) is 0.